The van der Waals surface area contributed by atoms with Crippen LogP contribution >= 0.6 is 0 Å². The summed E-state index contributed by atoms with van der Waals surface area (Å²) in [6, 6.07) is 18.1. The average Bonchev–Trinajstić information content (AvgIpc) is 3.59. The number of carbonyl (C=O) groups excluding carboxylic acids is 4. The fourth-order valence-electron chi connectivity index (χ4n) is 6.41. The molecule has 3 heterocycles. The first-order valence-electron chi connectivity index (χ1n) is 18.4. The van der Waals surface area contributed by atoms with Gasteiger partial charge in [0.25, 0.3) is 5.91 Å². The molecule has 1 atom stereocenters. The van der Waals surface area contributed by atoms with Gasteiger partial charge < -0.3 is 41.0 Å². The van der Waals surface area contributed by atoms with Crippen molar-refractivity contribution in [1.29, 1.82) is 0 Å². The number of hydrogen-bond acceptors (Lipinski definition) is 11. The number of benzene rings is 3. The summed E-state index contributed by atoms with van der Waals surface area (Å²) < 4.78 is 22.2. The van der Waals surface area contributed by atoms with Crippen LogP contribution in [0.1, 0.15) is 34.3 Å². The third kappa shape index (κ3) is 9.95. The number of hydrogen-bond donors (Lipinski definition) is 5. The number of halogens is 1. The molecular weight excluding hydrogens is 720 g/mol. The Kier molecular flexibility index (Phi) is 13.0. The molecule has 1 saturated heterocycles. The van der Waals surface area contributed by atoms with Crippen LogP contribution in [0.15, 0.2) is 79.1 Å². The lowest BCUT2D eigenvalue weighted by molar-refractivity contribution is -0.121. The van der Waals surface area contributed by atoms with Gasteiger partial charge in [0.15, 0.2) is 11.4 Å². The molecule has 16 heteroatoms. The standard InChI is InChI=1S/C40H45FN10O5/c1-27-24-46-51-15-13-37(48-38(27)51)44-25-29-22-30(41)6-12-35(29)56-36-11-5-28(23-34(36)45-26-53)39(54)43-14-16-49-17-19-50(20-18-49)32-9-7-31(8-10-32)47-33(4-3-21-52)40(55)42-2/h5-13,15,21-24,26,33,47H,3-4,14,16-20,25H2,1-2H3,(H,42,55)(H,43,54)(H,44,48)(H,45,53). The molecule has 0 aliphatic carbocycles. The molecule has 56 heavy (non-hydrogen) atoms. The van der Waals surface area contributed by atoms with E-state index in [-0.39, 0.29) is 29.8 Å². The molecule has 0 saturated carbocycles. The summed E-state index contributed by atoms with van der Waals surface area (Å²) in [5.74, 6) is 0.318. The van der Waals surface area contributed by atoms with E-state index in [1.807, 2.05) is 31.2 Å². The van der Waals surface area contributed by atoms with E-state index in [1.54, 1.807) is 42.2 Å². The Labute approximate surface area is 323 Å². The third-order valence-electron chi connectivity index (χ3n) is 9.50. The van der Waals surface area contributed by atoms with Crippen LogP contribution in [-0.2, 0) is 20.9 Å². The zero-order valence-corrected chi connectivity index (χ0v) is 31.3. The number of fused-ring (bicyclic) bond motifs is 1. The second kappa shape index (κ2) is 18.7. The van der Waals surface area contributed by atoms with Crippen molar-refractivity contribution in [3.8, 4) is 11.5 Å². The van der Waals surface area contributed by atoms with Crippen LogP contribution in [0.2, 0.25) is 0 Å². The number of nitrogens with one attached hydrogen (secondary N) is 5. The number of carbonyl (C=O) groups is 4. The molecule has 2 aromatic heterocycles. The number of nitrogens with zero attached hydrogens (tertiary/aromatic N) is 5. The molecule has 5 aromatic rings. The molecule has 6 rings (SSSR count). The van der Waals surface area contributed by atoms with Gasteiger partial charge in [-0.25, -0.2) is 13.9 Å². The number of piperazine rings is 1. The maximum atomic E-state index is 14.3. The lowest BCUT2D eigenvalue weighted by atomic mass is 10.1. The first-order chi connectivity index (χ1) is 27.2. The maximum absolute atomic E-state index is 14.3. The number of rotatable bonds is 18. The van der Waals surface area contributed by atoms with Crippen LogP contribution < -0.4 is 36.2 Å². The van der Waals surface area contributed by atoms with Crippen molar-refractivity contribution in [2.24, 2.45) is 0 Å². The molecule has 1 aliphatic heterocycles. The molecule has 0 spiro atoms. The molecule has 5 N–H and O–H groups in total. The van der Waals surface area contributed by atoms with Gasteiger partial charge in [0.1, 0.15) is 29.7 Å². The fraction of sp³-hybridized carbons (Fsp3) is 0.300. The van der Waals surface area contributed by atoms with E-state index >= 15 is 0 Å². The summed E-state index contributed by atoms with van der Waals surface area (Å²) in [5.41, 5.74) is 4.64. The van der Waals surface area contributed by atoms with E-state index in [1.165, 1.54) is 24.3 Å². The second-order valence-electron chi connectivity index (χ2n) is 13.3. The molecule has 1 aliphatic rings. The average molecular weight is 765 g/mol. The van der Waals surface area contributed by atoms with Gasteiger partial charge in [-0.15, -0.1) is 0 Å². The van der Waals surface area contributed by atoms with Crippen LogP contribution in [0.5, 0.6) is 11.5 Å². The smallest absolute Gasteiger partial charge is 0.251 e. The highest BCUT2D eigenvalue weighted by molar-refractivity contribution is 5.96. The van der Waals surface area contributed by atoms with Crippen molar-refractivity contribution in [3.05, 3.63) is 102 Å². The Morgan fingerprint density at radius 3 is 2.52 bits per heavy atom. The van der Waals surface area contributed by atoms with E-state index in [4.69, 9.17) is 4.74 Å². The van der Waals surface area contributed by atoms with Crippen molar-refractivity contribution in [2.45, 2.75) is 32.4 Å². The number of anilines is 4. The maximum Gasteiger partial charge on any atom is 0.251 e. The lowest BCUT2D eigenvalue weighted by Gasteiger charge is -2.36. The highest BCUT2D eigenvalue weighted by Crippen LogP contribution is 2.33. The Bertz CT molecular complexity index is 2150. The molecule has 1 fully saturated rings. The summed E-state index contributed by atoms with van der Waals surface area (Å²) in [7, 11) is 1.58. The van der Waals surface area contributed by atoms with E-state index in [9.17, 15) is 23.6 Å². The van der Waals surface area contributed by atoms with Crippen molar-refractivity contribution in [2.75, 3.05) is 67.2 Å². The topological polar surface area (TPSA) is 174 Å². The number of ether oxygens (including phenoxy) is 1. The van der Waals surface area contributed by atoms with Crippen LogP contribution in [0.25, 0.3) is 5.65 Å². The summed E-state index contributed by atoms with van der Waals surface area (Å²) in [6.07, 6.45) is 5.54. The third-order valence-corrected chi connectivity index (χ3v) is 9.50. The van der Waals surface area contributed by atoms with E-state index in [0.717, 1.165) is 49.4 Å². The summed E-state index contributed by atoms with van der Waals surface area (Å²) in [6.45, 7) is 6.47. The van der Waals surface area contributed by atoms with E-state index < -0.39 is 11.9 Å². The minimum Gasteiger partial charge on any atom is -0.455 e. The summed E-state index contributed by atoms with van der Waals surface area (Å²) in [4.78, 5) is 56.8. The van der Waals surface area contributed by atoms with Crippen LogP contribution in [0, 0.1) is 12.7 Å². The number of aryl methyl sites for hydroxylation is 1. The molecule has 0 radical (unpaired) electrons. The molecular formula is C40H45FN10O5. The zero-order chi connectivity index (χ0) is 39.4. The zero-order valence-electron chi connectivity index (χ0n) is 31.3. The fourth-order valence-corrected chi connectivity index (χ4v) is 6.41. The number of aromatic nitrogens is 3. The number of likely N-dealkylation sites (N-methyl/N-ethyl adjacent to an activating group) is 1. The Morgan fingerprint density at radius 2 is 1.77 bits per heavy atom. The van der Waals surface area contributed by atoms with Gasteiger partial charge in [0, 0.05) is 93.5 Å². The van der Waals surface area contributed by atoms with Crippen molar-refractivity contribution < 1.29 is 28.3 Å². The van der Waals surface area contributed by atoms with Crippen LogP contribution in [0.4, 0.5) is 27.3 Å². The lowest BCUT2D eigenvalue weighted by Crippen LogP contribution is -2.48. The molecule has 0 bridgehead atoms. The van der Waals surface area contributed by atoms with Gasteiger partial charge in [-0.3, -0.25) is 19.3 Å². The van der Waals surface area contributed by atoms with Gasteiger partial charge in [0.05, 0.1) is 11.9 Å². The predicted octanol–water partition coefficient (Wildman–Crippen LogP) is 4.21. The number of aldehydes is 1. The highest BCUT2D eigenvalue weighted by atomic mass is 19.1. The SMILES string of the molecule is CNC(=O)C(CCC=O)Nc1ccc(N2CCN(CCNC(=O)c3ccc(Oc4ccc(F)cc4CNc4ccn5ncc(C)c5n4)c(NC=O)c3)CC2)cc1. The van der Waals surface area contributed by atoms with Gasteiger partial charge in [0.2, 0.25) is 12.3 Å². The van der Waals surface area contributed by atoms with Crippen LogP contribution in [-0.4, -0.2) is 96.4 Å². The normalized spacial score (nSPS) is 13.4. The van der Waals surface area contributed by atoms with E-state index in [0.29, 0.717) is 60.7 Å². The molecule has 3 aromatic carbocycles. The largest absolute Gasteiger partial charge is 0.455 e. The summed E-state index contributed by atoms with van der Waals surface area (Å²) in [5, 5.41) is 18.9. The van der Waals surface area contributed by atoms with Crippen LogP contribution in [0.3, 0.4) is 0 Å². The predicted molar refractivity (Wildman–Crippen MR) is 212 cm³/mol. The minimum absolute atomic E-state index is 0.165. The monoisotopic (exact) mass is 764 g/mol. The van der Waals surface area contributed by atoms with Gasteiger partial charge in [-0.2, -0.15) is 5.10 Å². The number of amides is 3. The minimum atomic E-state index is -0.488. The Balaban J connectivity index is 0.993. The second-order valence-corrected chi connectivity index (χ2v) is 13.3. The van der Waals surface area contributed by atoms with Gasteiger partial charge in [-0.1, -0.05) is 0 Å². The molecule has 1 unspecified atom stereocenters. The quantitative estimate of drug-likeness (QED) is 0.0810. The molecule has 292 valence electrons. The Morgan fingerprint density at radius 1 is 0.982 bits per heavy atom. The first-order valence-corrected chi connectivity index (χ1v) is 18.4. The van der Waals surface area contributed by atoms with Gasteiger partial charge in [-0.05, 0) is 80.1 Å². The van der Waals surface area contributed by atoms with Crippen molar-refractivity contribution in [1.82, 2.24) is 30.1 Å². The van der Waals surface area contributed by atoms with E-state index in [2.05, 4.69) is 46.5 Å². The highest BCUT2D eigenvalue weighted by Gasteiger charge is 2.20. The van der Waals surface area contributed by atoms with Crippen molar-refractivity contribution >= 4 is 53.0 Å². The Hall–Kier alpha value is -6.55. The van der Waals surface area contributed by atoms with Gasteiger partial charge >= 0.3 is 0 Å². The van der Waals surface area contributed by atoms with Crippen molar-refractivity contribution in [3.63, 3.8) is 0 Å². The first kappa shape index (κ1) is 39.2. The summed E-state index contributed by atoms with van der Waals surface area (Å²) >= 11 is 0. The molecule has 15 nitrogen and oxygen atoms in total. The molecule has 3 amide bonds.